The van der Waals surface area contributed by atoms with Crippen molar-refractivity contribution in [1.82, 2.24) is 0 Å². The molecule has 2 aromatic carbocycles. The van der Waals surface area contributed by atoms with Crippen LogP contribution >= 0.6 is 23.4 Å². The monoisotopic (exact) mass is 307 g/mol. The van der Waals surface area contributed by atoms with Gasteiger partial charge in [-0.15, -0.1) is 0 Å². The van der Waals surface area contributed by atoms with E-state index >= 15 is 0 Å². The third kappa shape index (κ3) is 3.10. The number of carboxylic acid groups (broad SMARTS) is 1. The number of halogens is 2. The largest absolute Gasteiger partial charge is 0.478 e. The van der Waals surface area contributed by atoms with Crippen LogP contribution in [0.4, 0.5) is 4.39 Å². The van der Waals surface area contributed by atoms with Crippen LogP contribution in [0.1, 0.15) is 15.9 Å². The van der Waals surface area contributed by atoms with Crippen LogP contribution in [0.3, 0.4) is 0 Å². The van der Waals surface area contributed by atoms with Crippen LogP contribution < -0.4 is 0 Å². The number of aromatic carboxylic acids is 1. The lowest BCUT2D eigenvalue weighted by atomic mass is 10.2. The highest BCUT2D eigenvalue weighted by molar-refractivity contribution is 7.99. The summed E-state index contributed by atoms with van der Waals surface area (Å²) in [5.41, 5.74) is 0.194. The van der Waals surface area contributed by atoms with Crippen LogP contribution in [-0.2, 0) is 0 Å². The molecule has 0 saturated carbocycles. The van der Waals surface area contributed by atoms with Gasteiger partial charge in [0.1, 0.15) is 5.82 Å². The molecule has 0 unspecified atom stereocenters. The van der Waals surface area contributed by atoms with Gasteiger partial charge in [0.15, 0.2) is 0 Å². The van der Waals surface area contributed by atoms with E-state index in [2.05, 4.69) is 0 Å². The van der Waals surface area contributed by atoms with Gasteiger partial charge in [0, 0.05) is 9.79 Å². The molecule has 2 rings (SSSR count). The molecular weight excluding hydrogens is 301 g/mol. The summed E-state index contributed by atoms with van der Waals surface area (Å²) in [6.07, 6.45) is 0. The number of hydrogen-bond acceptors (Lipinski definition) is 3. The Labute approximate surface area is 123 Å². The predicted octanol–water partition coefficient (Wildman–Crippen LogP) is 4.20. The molecule has 0 radical (unpaired) electrons. The summed E-state index contributed by atoms with van der Waals surface area (Å²) >= 11 is 6.83. The molecule has 0 aliphatic carbocycles. The van der Waals surface area contributed by atoms with Gasteiger partial charge >= 0.3 is 5.97 Å². The van der Waals surface area contributed by atoms with E-state index in [0.717, 1.165) is 17.8 Å². The fourth-order valence-corrected chi connectivity index (χ4v) is 2.57. The van der Waals surface area contributed by atoms with Crippen molar-refractivity contribution in [2.24, 2.45) is 0 Å². The van der Waals surface area contributed by atoms with Crippen LogP contribution in [0.2, 0.25) is 5.02 Å². The SMILES string of the molecule is N#Cc1ccc(Sc2ccc(Cl)c(C(=O)O)c2)c(F)c1. The lowest BCUT2D eigenvalue weighted by molar-refractivity contribution is 0.0697. The standard InChI is InChI=1S/C14H7ClFNO2S/c15-11-3-2-9(6-10(11)14(18)19)20-13-4-1-8(7-17)5-12(13)16/h1-6H,(H,18,19). The second-order valence-corrected chi connectivity index (χ2v) is 5.33. The molecule has 0 aromatic heterocycles. The Bertz CT molecular complexity index is 728. The van der Waals surface area contributed by atoms with Crippen LogP contribution in [0.5, 0.6) is 0 Å². The Morgan fingerprint density at radius 3 is 2.65 bits per heavy atom. The number of benzene rings is 2. The van der Waals surface area contributed by atoms with E-state index in [1.807, 2.05) is 6.07 Å². The molecule has 0 bridgehead atoms. The van der Waals surface area contributed by atoms with E-state index in [1.54, 1.807) is 6.07 Å². The molecule has 0 spiro atoms. The van der Waals surface area contributed by atoms with Gasteiger partial charge in [0.05, 0.1) is 22.2 Å². The van der Waals surface area contributed by atoms with Crippen molar-refractivity contribution >= 4 is 29.3 Å². The zero-order valence-corrected chi connectivity index (χ0v) is 11.5. The van der Waals surface area contributed by atoms with Gasteiger partial charge in [-0.3, -0.25) is 0 Å². The minimum Gasteiger partial charge on any atom is -0.478 e. The van der Waals surface area contributed by atoms with Crippen molar-refractivity contribution in [2.75, 3.05) is 0 Å². The Kier molecular flexibility index (Phi) is 4.28. The summed E-state index contributed by atoms with van der Waals surface area (Å²) < 4.78 is 13.7. The van der Waals surface area contributed by atoms with E-state index in [1.165, 1.54) is 24.3 Å². The van der Waals surface area contributed by atoms with Crippen molar-refractivity contribution in [3.8, 4) is 6.07 Å². The first-order valence-electron chi connectivity index (χ1n) is 5.41. The maximum atomic E-state index is 13.7. The number of carboxylic acids is 1. The molecule has 20 heavy (non-hydrogen) atoms. The molecule has 0 fully saturated rings. The van der Waals surface area contributed by atoms with E-state index in [4.69, 9.17) is 22.0 Å². The van der Waals surface area contributed by atoms with Gasteiger partial charge in [-0.25, -0.2) is 9.18 Å². The van der Waals surface area contributed by atoms with Gasteiger partial charge in [0.25, 0.3) is 0 Å². The summed E-state index contributed by atoms with van der Waals surface area (Å²) in [4.78, 5) is 11.8. The van der Waals surface area contributed by atoms with Crippen LogP contribution in [0.15, 0.2) is 46.2 Å². The highest BCUT2D eigenvalue weighted by Gasteiger charge is 2.11. The number of nitriles is 1. The van der Waals surface area contributed by atoms with Crippen molar-refractivity contribution in [3.63, 3.8) is 0 Å². The molecule has 6 heteroatoms. The number of carbonyl (C=O) groups is 1. The maximum absolute atomic E-state index is 13.7. The first-order valence-corrected chi connectivity index (χ1v) is 6.61. The summed E-state index contributed by atoms with van der Waals surface area (Å²) in [6, 6.07) is 10.4. The highest BCUT2D eigenvalue weighted by Crippen LogP contribution is 2.32. The zero-order valence-electron chi connectivity index (χ0n) is 9.93. The van der Waals surface area contributed by atoms with Crippen molar-refractivity contribution < 1.29 is 14.3 Å². The van der Waals surface area contributed by atoms with Gasteiger partial charge in [0.2, 0.25) is 0 Å². The highest BCUT2D eigenvalue weighted by atomic mass is 35.5. The molecule has 1 N–H and O–H groups in total. The van der Waals surface area contributed by atoms with Gasteiger partial charge < -0.3 is 5.11 Å². The van der Waals surface area contributed by atoms with Crippen molar-refractivity contribution in [2.45, 2.75) is 9.79 Å². The number of nitrogens with zero attached hydrogens (tertiary/aromatic N) is 1. The fraction of sp³-hybridized carbons (Fsp3) is 0. The lowest BCUT2D eigenvalue weighted by Crippen LogP contribution is -1.97. The quantitative estimate of drug-likeness (QED) is 0.923. The molecule has 100 valence electrons. The average Bonchev–Trinajstić information content (AvgIpc) is 2.42. The van der Waals surface area contributed by atoms with Crippen LogP contribution in [0, 0.1) is 17.1 Å². The molecule has 0 aliphatic heterocycles. The zero-order chi connectivity index (χ0) is 14.7. The van der Waals surface area contributed by atoms with Crippen molar-refractivity contribution in [3.05, 3.63) is 58.4 Å². The molecule has 3 nitrogen and oxygen atoms in total. The molecule has 0 amide bonds. The normalized spacial score (nSPS) is 10.1. The third-order valence-electron chi connectivity index (χ3n) is 2.46. The summed E-state index contributed by atoms with van der Waals surface area (Å²) in [5, 5.41) is 17.8. The fourth-order valence-electron chi connectivity index (χ4n) is 1.51. The maximum Gasteiger partial charge on any atom is 0.337 e. The van der Waals surface area contributed by atoms with E-state index in [-0.39, 0.29) is 16.1 Å². The Balaban J connectivity index is 2.33. The molecule has 2 aromatic rings. The summed E-state index contributed by atoms with van der Waals surface area (Å²) in [7, 11) is 0. The first-order chi connectivity index (χ1) is 9.51. The number of hydrogen-bond donors (Lipinski definition) is 1. The van der Waals surface area contributed by atoms with Crippen LogP contribution in [0.25, 0.3) is 0 Å². The summed E-state index contributed by atoms with van der Waals surface area (Å²) in [5.74, 6) is -1.67. The van der Waals surface area contributed by atoms with Crippen LogP contribution in [-0.4, -0.2) is 11.1 Å². The second-order valence-electron chi connectivity index (χ2n) is 3.81. The molecule has 0 heterocycles. The predicted molar refractivity (Wildman–Crippen MR) is 73.6 cm³/mol. The first kappa shape index (κ1) is 14.4. The topological polar surface area (TPSA) is 61.1 Å². The second kappa shape index (κ2) is 5.95. The smallest absolute Gasteiger partial charge is 0.337 e. The van der Waals surface area contributed by atoms with E-state index in [0.29, 0.717) is 9.79 Å². The van der Waals surface area contributed by atoms with Gasteiger partial charge in [-0.1, -0.05) is 23.4 Å². The van der Waals surface area contributed by atoms with Gasteiger partial charge in [-0.05, 0) is 36.4 Å². The minimum atomic E-state index is -1.14. The van der Waals surface area contributed by atoms with Crippen molar-refractivity contribution in [1.29, 1.82) is 5.26 Å². The van der Waals surface area contributed by atoms with Gasteiger partial charge in [-0.2, -0.15) is 5.26 Å². The molecule has 0 saturated heterocycles. The summed E-state index contributed by atoms with van der Waals surface area (Å²) in [6.45, 7) is 0. The van der Waals surface area contributed by atoms with E-state index in [9.17, 15) is 9.18 Å². The molecule has 0 atom stereocenters. The minimum absolute atomic E-state index is 0.0364. The third-order valence-corrected chi connectivity index (χ3v) is 3.83. The Hall–Kier alpha value is -2.03. The number of rotatable bonds is 3. The lowest BCUT2D eigenvalue weighted by Gasteiger charge is -2.05. The Morgan fingerprint density at radius 1 is 1.30 bits per heavy atom. The average molecular weight is 308 g/mol. The van der Waals surface area contributed by atoms with E-state index < -0.39 is 11.8 Å². The molecular formula is C14H7ClFNO2S. The molecule has 0 aliphatic rings. The Morgan fingerprint density at radius 2 is 2.05 bits per heavy atom.